The molecule has 23 heavy (non-hydrogen) atoms. The van der Waals surface area contributed by atoms with Gasteiger partial charge < -0.3 is 9.47 Å². The summed E-state index contributed by atoms with van der Waals surface area (Å²) in [6, 6.07) is 17.2. The van der Waals surface area contributed by atoms with Crippen molar-refractivity contribution in [3.63, 3.8) is 0 Å². The number of rotatable bonds is 7. The summed E-state index contributed by atoms with van der Waals surface area (Å²) in [5, 5.41) is 0. The highest BCUT2D eigenvalue weighted by Crippen LogP contribution is 2.23. The van der Waals surface area contributed by atoms with Crippen molar-refractivity contribution in [3.05, 3.63) is 78.4 Å². The second-order valence-electron chi connectivity index (χ2n) is 4.98. The summed E-state index contributed by atoms with van der Waals surface area (Å²) >= 11 is 0. The van der Waals surface area contributed by atoms with Crippen molar-refractivity contribution < 1.29 is 14.3 Å². The number of esters is 1. The molecule has 0 atom stereocenters. The van der Waals surface area contributed by atoms with Gasteiger partial charge in [0.1, 0.15) is 11.5 Å². The van der Waals surface area contributed by atoms with Crippen LogP contribution in [0.2, 0.25) is 0 Å². The van der Waals surface area contributed by atoms with Crippen LogP contribution in [0.4, 0.5) is 0 Å². The number of benzene rings is 2. The lowest BCUT2D eigenvalue weighted by atomic mass is 10.1. The zero-order chi connectivity index (χ0) is 16.5. The van der Waals surface area contributed by atoms with Gasteiger partial charge in [0.05, 0.1) is 7.11 Å². The van der Waals surface area contributed by atoms with Gasteiger partial charge in [0.25, 0.3) is 0 Å². The predicted molar refractivity (Wildman–Crippen MR) is 92.4 cm³/mol. The number of methoxy groups -OCH3 is 1. The van der Waals surface area contributed by atoms with Crippen LogP contribution < -0.4 is 4.74 Å². The van der Waals surface area contributed by atoms with Crippen molar-refractivity contribution in [3.8, 4) is 11.5 Å². The van der Waals surface area contributed by atoms with Crippen molar-refractivity contribution in [1.82, 2.24) is 0 Å². The fourth-order valence-electron chi connectivity index (χ4n) is 2.12. The third-order valence-corrected chi connectivity index (χ3v) is 3.24. The number of ether oxygens (including phenoxy) is 2. The molecule has 0 aromatic heterocycles. The molecule has 0 unspecified atom stereocenters. The monoisotopic (exact) mass is 308 g/mol. The Balaban J connectivity index is 2.21. The zero-order valence-corrected chi connectivity index (χ0v) is 13.2. The van der Waals surface area contributed by atoms with Crippen LogP contribution in [0.1, 0.15) is 18.4 Å². The van der Waals surface area contributed by atoms with Crippen LogP contribution in [-0.4, -0.2) is 13.1 Å². The van der Waals surface area contributed by atoms with E-state index < -0.39 is 0 Å². The first-order chi connectivity index (χ1) is 11.2. The van der Waals surface area contributed by atoms with Gasteiger partial charge in [0, 0.05) is 5.57 Å². The van der Waals surface area contributed by atoms with Crippen molar-refractivity contribution in [1.29, 1.82) is 0 Å². The highest BCUT2D eigenvalue weighted by molar-refractivity contribution is 5.93. The lowest BCUT2D eigenvalue weighted by molar-refractivity contribution is -0.136. The van der Waals surface area contributed by atoms with Crippen molar-refractivity contribution in [2.45, 2.75) is 12.8 Å². The largest absolute Gasteiger partial charge is 0.466 e. The molecule has 0 N–H and O–H groups in total. The molecule has 3 heteroatoms. The maximum atomic E-state index is 11.8. The molecule has 0 bridgehead atoms. The minimum absolute atomic E-state index is 0.318. The maximum Gasteiger partial charge on any atom is 0.333 e. The number of para-hydroxylation sites is 1. The zero-order valence-electron chi connectivity index (χ0n) is 13.2. The van der Waals surface area contributed by atoms with Crippen LogP contribution in [0, 0.1) is 0 Å². The fraction of sp³-hybridized carbons (Fsp3) is 0.150. The Bertz CT molecular complexity index is 687. The number of hydrogen-bond donors (Lipinski definition) is 0. The molecule has 0 aliphatic rings. The van der Waals surface area contributed by atoms with E-state index in [9.17, 15) is 4.79 Å². The Morgan fingerprint density at radius 1 is 1.09 bits per heavy atom. The topological polar surface area (TPSA) is 35.5 Å². The van der Waals surface area contributed by atoms with Gasteiger partial charge in [-0.25, -0.2) is 4.79 Å². The Kier molecular flexibility index (Phi) is 6.18. The average Bonchev–Trinajstić information content (AvgIpc) is 2.59. The van der Waals surface area contributed by atoms with Crippen LogP contribution in [0.15, 0.2) is 72.8 Å². The molecule has 0 saturated heterocycles. The molecule has 0 aliphatic carbocycles. The molecular formula is C20H20O3. The van der Waals surface area contributed by atoms with Gasteiger partial charge in [-0.05, 0) is 48.7 Å². The molecule has 0 aliphatic heterocycles. The number of hydrogen-bond acceptors (Lipinski definition) is 3. The summed E-state index contributed by atoms with van der Waals surface area (Å²) < 4.78 is 10.6. The number of carbonyl (C=O) groups is 1. The van der Waals surface area contributed by atoms with E-state index in [2.05, 4.69) is 6.58 Å². The Hall–Kier alpha value is -2.81. The van der Waals surface area contributed by atoms with Gasteiger partial charge in [-0.2, -0.15) is 0 Å². The van der Waals surface area contributed by atoms with E-state index in [4.69, 9.17) is 9.47 Å². The maximum absolute atomic E-state index is 11.8. The Morgan fingerprint density at radius 2 is 1.83 bits per heavy atom. The molecule has 0 heterocycles. The number of allylic oxidation sites excluding steroid dienone is 1. The first-order valence-electron chi connectivity index (χ1n) is 7.45. The van der Waals surface area contributed by atoms with Gasteiger partial charge >= 0.3 is 5.97 Å². The molecule has 0 amide bonds. The van der Waals surface area contributed by atoms with Gasteiger partial charge in [0.2, 0.25) is 0 Å². The predicted octanol–water partition coefficient (Wildman–Crippen LogP) is 5.00. The van der Waals surface area contributed by atoms with Crippen molar-refractivity contribution >= 4 is 12.0 Å². The third-order valence-electron chi connectivity index (χ3n) is 3.24. The summed E-state index contributed by atoms with van der Waals surface area (Å²) in [5.41, 5.74) is 1.51. The molecular weight excluding hydrogens is 288 g/mol. The van der Waals surface area contributed by atoms with E-state index in [1.165, 1.54) is 7.11 Å². The molecule has 0 saturated carbocycles. The quantitative estimate of drug-likeness (QED) is 0.410. The lowest BCUT2D eigenvalue weighted by Gasteiger charge is -2.07. The standard InChI is InChI=1S/C20H20O3/c1-3-4-10-17(20(21)22-2)14-16-9-8-13-19(15-16)23-18-11-6-5-7-12-18/h3,5-9,11-15H,1,4,10H2,2H3/b17-14+. The van der Waals surface area contributed by atoms with Crippen LogP contribution in [0.25, 0.3) is 6.08 Å². The molecule has 2 aromatic carbocycles. The van der Waals surface area contributed by atoms with E-state index in [0.29, 0.717) is 12.0 Å². The third kappa shape index (κ3) is 5.15. The highest BCUT2D eigenvalue weighted by Gasteiger charge is 2.09. The number of carbonyl (C=O) groups excluding carboxylic acids is 1. The summed E-state index contributed by atoms with van der Waals surface area (Å²) in [5.74, 6) is 1.17. The van der Waals surface area contributed by atoms with Crippen LogP contribution in [0.5, 0.6) is 11.5 Å². The highest BCUT2D eigenvalue weighted by atomic mass is 16.5. The van der Waals surface area contributed by atoms with Crippen LogP contribution in [0.3, 0.4) is 0 Å². The SMILES string of the molecule is C=CCC/C(=C\c1cccc(Oc2ccccc2)c1)C(=O)OC. The molecule has 3 nitrogen and oxygen atoms in total. The first kappa shape index (κ1) is 16.6. The minimum Gasteiger partial charge on any atom is -0.466 e. The van der Waals surface area contributed by atoms with E-state index in [-0.39, 0.29) is 5.97 Å². The smallest absolute Gasteiger partial charge is 0.333 e. The molecule has 0 spiro atoms. The summed E-state index contributed by atoms with van der Waals surface area (Å²) in [4.78, 5) is 11.8. The summed E-state index contributed by atoms with van der Waals surface area (Å²) in [6.45, 7) is 3.69. The van der Waals surface area contributed by atoms with E-state index in [0.717, 1.165) is 23.5 Å². The van der Waals surface area contributed by atoms with Gasteiger partial charge in [-0.15, -0.1) is 6.58 Å². The molecule has 2 aromatic rings. The summed E-state index contributed by atoms with van der Waals surface area (Å²) in [7, 11) is 1.39. The minimum atomic E-state index is -0.318. The van der Waals surface area contributed by atoms with Gasteiger partial charge in [-0.1, -0.05) is 36.4 Å². The average molecular weight is 308 g/mol. The van der Waals surface area contributed by atoms with Crippen LogP contribution in [-0.2, 0) is 9.53 Å². The van der Waals surface area contributed by atoms with Crippen molar-refractivity contribution in [2.24, 2.45) is 0 Å². The molecule has 0 fully saturated rings. The Morgan fingerprint density at radius 3 is 2.52 bits per heavy atom. The first-order valence-corrected chi connectivity index (χ1v) is 7.45. The molecule has 0 radical (unpaired) electrons. The second kappa shape index (κ2) is 8.59. The van der Waals surface area contributed by atoms with Gasteiger partial charge in [0.15, 0.2) is 0 Å². The van der Waals surface area contributed by atoms with Gasteiger partial charge in [-0.3, -0.25) is 0 Å². The van der Waals surface area contributed by atoms with E-state index in [1.54, 1.807) is 6.08 Å². The Labute approximate surface area is 136 Å². The van der Waals surface area contributed by atoms with Crippen LogP contribution >= 0.6 is 0 Å². The van der Waals surface area contributed by atoms with Crippen molar-refractivity contribution in [2.75, 3.05) is 7.11 Å². The summed E-state index contributed by atoms with van der Waals surface area (Å²) in [6.07, 6.45) is 4.93. The normalized spacial score (nSPS) is 10.9. The fourth-order valence-corrected chi connectivity index (χ4v) is 2.12. The molecule has 2 rings (SSSR count). The van der Waals surface area contributed by atoms with E-state index in [1.807, 2.05) is 60.7 Å². The lowest BCUT2D eigenvalue weighted by Crippen LogP contribution is -2.04. The second-order valence-corrected chi connectivity index (χ2v) is 4.98. The molecule has 118 valence electrons. The van der Waals surface area contributed by atoms with E-state index >= 15 is 0 Å².